The maximum Gasteiger partial charge on any atom is 0.119 e. The van der Waals surface area contributed by atoms with Gasteiger partial charge in [-0.05, 0) is 48.7 Å². The summed E-state index contributed by atoms with van der Waals surface area (Å²) in [6.07, 6.45) is 0. The van der Waals surface area contributed by atoms with Gasteiger partial charge >= 0.3 is 0 Å². The molecular weight excluding hydrogens is 292 g/mol. The highest BCUT2D eigenvalue weighted by Crippen LogP contribution is 2.30. The summed E-state index contributed by atoms with van der Waals surface area (Å²) in [5, 5.41) is 3.48. The van der Waals surface area contributed by atoms with E-state index in [1.165, 1.54) is 36.2 Å². The molecule has 1 aromatic rings. The molecule has 2 aliphatic heterocycles. The van der Waals surface area contributed by atoms with Crippen LogP contribution in [0, 0.1) is 11.8 Å². The third-order valence-electron chi connectivity index (χ3n) is 4.11. The Morgan fingerprint density at radius 3 is 2.72 bits per heavy atom. The van der Waals surface area contributed by atoms with Crippen molar-refractivity contribution in [2.75, 3.05) is 33.3 Å². The highest BCUT2D eigenvalue weighted by Gasteiger charge is 2.35. The van der Waals surface area contributed by atoms with Crippen LogP contribution in [-0.2, 0) is 6.54 Å². The fraction of sp³-hybridized carbons (Fsp3) is 0.571. The zero-order valence-corrected chi connectivity index (χ0v) is 12.2. The molecule has 0 amide bonds. The average Bonchev–Trinajstić information content (AvgIpc) is 2.92. The lowest BCUT2D eigenvalue weighted by atomic mass is 10.0. The smallest absolute Gasteiger partial charge is 0.119 e. The summed E-state index contributed by atoms with van der Waals surface area (Å²) in [7, 11) is 1.72. The minimum Gasteiger partial charge on any atom is -0.497 e. The summed E-state index contributed by atoms with van der Waals surface area (Å²) < 4.78 is 6.48. The summed E-state index contributed by atoms with van der Waals surface area (Å²) in [4.78, 5) is 2.57. The average molecular weight is 311 g/mol. The molecule has 4 heteroatoms. The number of fused-ring (bicyclic) bond motifs is 1. The van der Waals surface area contributed by atoms with Gasteiger partial charge in [0.2, 0.25) is 0 Å². The molecule has 0 aliphatic carbocycles. The number of benzene rings is 1. The van der Waals surface area contributed by atoms with Crippen molar-refractivity contribution >= 4 is 15.9 Å². The van der Waals surface area contributed by atoms with E-state index in [-0.39, 0.29) is 0 Å². The molecule has 0 radical (unpaired) electrons. The first-order valence-corrected chi connectivity index (χ1v) is 7.31. The third kappa shape index (κ3) is 2.42. The van der Waals surface area contributed by atoms with Crippen molar-refractivity contribution in [3.63, 3.8) is 0 Å². The fourth-order valence-corrected chi connectivity index (χ4v) is 3.49. The SMILES string of the molecule is COc1ccc(Br)c(CN2C[C@H]3CNC[C@H]3C2)c1. The molecule has 0 aromatic heterocycles. The van der Waals surface area contributed by atoms with Crippen LogP contribution in [0.3, 0.4) is 0 Å². The number of hydrogen-bond acceptors (Lipinski definition) is 3. The molecule has 3 nitrogen and oxygen atoms in total. The number of ether oxygens (including phenoxy) is 1. The van der Waals surface area contributed by atoms with E-state index in [0.717, 1.165) is 24.1 Å². The molecule has 3 rings (SSSR count). The largest absolute Gasteiger partial charge is 0.497 e. The molecular formula is C14H19BrN2O. The molecule has 2 aliphatic rings. The monoisotopic (exact) mass is 310 g/mol. The van der Waals surface area contributed by atoms with Crippen molar-refractivity contribution < 1.29 is 4.74 Å². The molecule has 0 saturated carbocycles. The van der Waals surface area contributed by atoms with Crippen LogP contribution in [0.2, 0.25) is 0 Å². The molecule has 18 heavy (non-hydrogen) atoms. The molecule has 0 bridgehead atoms. The lowest BCUT2D eigenvalue weighted by Crippen LogP contribution is -2.25. The second-order valence-electron chi connectivity index (χ2n) is 5.33. The molecule has 1 aromatic carbocycles. The Kier molecular flexibility index (Phi) is 3.59. The minimum atomic E-state index is 0.856. The van der Waals surface area contributed by atoms with Gasteiger partial charge in [-0.1, -0.05) is 15.9 Å². The molecule has 2 atom stereocenters. The summed E-state index contributed by atoms with van der Waals surface area (Å²) in [6, 6.07) is 6.21. The van der Waals surface area contributed by atoms with Gasteiger partial charge < -0.3 is 10.1 Å². The number of nitrogens with one attached hydrogen (secondary N) is 1. The first-order valence-electron chi connectivity index (χ1n) is 6.52. The summed E-state index contributed by atoms with van der Waals surface area (Å²) in [5.74, 6) is 2.65. The Bertz CT molecular complexity index is 426. The zero-order valence-electron chi connectivity index (χ0n) is 10.7. The second-order valence-corrected chi connectivity index (χ2v) is 6.18. The normalized spacial score (nSPS) is 27.4. The second kappa shape index (κ2) is 5.19. The Balaban J connectivity index is 1.69. The van der Waals surface area contributed by atoms with E-state index >= 15 is 0 Å². The highest BCUT2D eigenvalue weighted by molar-refractivity contribution is 9.10. The van der Waals surface area contributed by atoms with Gasteiger partial charge in [0.25, 0.3) is 0 Å². The van der Waals surface area contributed by atoms with Gasteiger partial charge in [0.1, 0.15) is 5.75 Å². The van der Waals surface area contributed by atoms with Crippen LogP contribution in [-0.4, -0.2) is 38.2 Å². The van der Waals surface area contributed by atoms with Crippen LogP contribution < -0.4 is 10.1 Å². The molecule has 2 heterocycles. The van der Waals surface area contributed by atoms with Gasteiger partial charge in [-0.2, -0.15) is 0 Å². The van der Waals surface area contributed by atoms with E-state index in [0.29, 0.717) is 0 Å². The molecule has 0 spiro atoms. The van der Waals surface area contributed by atoms with Crippen LogP contribution in [0.4, 0.5) is 0 Å². The number of likely N-dealkylation sites (tertiary alicyclic amines) is 1. The summed E-state index contributed by atoms with van der Waals surface area (Å²) in [5.41, 5.74) is 1.32. The standard InChI is InChI=1S/C14H19BrN2O/c1-18-13-2-3-14(15)10(4-13)7-17-8-11-5-16-6-12(11)9-17/h2-4,11-12,16H,5-9H2,1H3/t11-,12+. The van der Waals surface area contributed by atoms with Crippen molar-refractivity contribution in [1.29, 1.82) is 0 Å². The van der Waals surface area contributed by atoms with E-state index in [4.69, 9.17) is 4.74 Å². The van der Waals surface area contributed by atoms with Crippen molar-refractivity contribution in [3.8, 4) is 5.75 Å². The van der Waals surface area contributed by atoms with E-state index in [1.807, 2.05) is 6.07 Å². The van der Waals surface area contributed by atoms with E-state index < -0.39 is 0 Å². The van der Waals surface area contributed by atoms with E-state index in [2.05, 4.69) is 38.3 Å². The van der Waals surface area contributed by atoms with Gasteiger partial charge in [-0.25, -0.2) is 0 Å². The Hall–Kier alpha value is -0.580. The van der Waals surface area contributed by atoms with Gasteiger partial charge in [0.05, 0.1) is 7.11 Å². The predicted octanol–water partition coefficient (Wildman–Crippen LogP) is 2.11. The Labute approximate surface area is 117 Å². The van der Waals surface area contributed by atoms with Gasteiger partial charge in [0.15, 0.2) is 0 Å². The minimum absolute atomic E-state index is 0.856. The van der Waals surface area contributed by atoms with E-state index in [1.54, 1.807) is 7.11 Å². The number of rotatable bonds is 3. The van der Waals surface area contributed by atoms with Gasteiger partial charge in [0, 0.05) is 24.1 Å². The number of nitrogens with zero attached hydrogens (tertiary/aromatic N) is 1. The zero-order chi connectivity index (χ0) is 12.5. The Morgan fingerprint density at radius 1 is 1.33 bits per heavy atom. The molecule has 2 saturated heterocycles. The Morgan fingerprint density at radius 2 is 2.06 bits per heavy atom. The molecule has 1 N–H and O–H groups in total. The maximum absolute atomic E-state index is 5.30. The fourth-order valence-electron chi connectivity index (χ4n) is 3.12. The number of hydrogen-bond donors (Lipinski definition) is 1. The summed E-state index contributed by atoms with van der Waals surface area (Å²) in [6.45, 7) is 5.86. The first kappa shape index (κ1) is 12.5. The van der Waals surface area contributed by atoms with Crippen LogP contribution in [0.5, 0.6) is 5.75 Å². The van der Waals surface area contributed by atoms with E-state index in [9.17, 15) is 0 Å². The van der Waals surface area contributed by atoms with Crippen molar-refractivity contribution in [2.45, 2.75) is 6.54 Å². The van der Waals surface area contributed by atoms with Crippen molar-refractivity contribution in [3.05, 3.63) is 28.2 Å². The molecule has 98 valence electrons. The quantitative estimate of drug-likeness (QED) is 0.925. The predicted molar refractivity (Wildman–Crippen MR) is 75.8 cm³/mol. The van der Waals surface area contributed by atoms with Crippen LogP contribution in [0.25, 0.3) is 0 Å². The maximum atomic E-state index is 5.30. The van der Waals surface area contributed by atoms with Crippen LogP contribution >= 0.6 is 15.9 Å². The lowest BCUT2D eigenvalue weighted by molar-refractivity contribution is 0.304. The molecule has 2 fully saturated rings. The third-order valence-corrected chi connectivity index (χ3v) is 4.89. The topological polar surface area (TPSA) is 24.5 Å². The molecule has 0 unspecified atom stereocenters. The first-order chi connectivity index (χ1) is 8.76. The van der Waals surface area contributed by atoms with Crippen molar-refractivity contribution in [1.82, 2.24) is 10.2 Å². The van der Waals surface area contributed by atoms with Crippen molar-refractivity contribution in [2.24, 2.45) is 11.8 Å². The highest BCUT2D eigenvalue weighted by atomic mass is 79.9. The van der Waals surface area contributed by atoms with Gasteiger partial charge in [-0.15, -0.1) is 0 Å². The van der Waals surface area contributed by atoms with Crippen LogP contribution in [0.15, 0.2) is 22.7 Å². The summed E-state index contributed by atoms with van der Waals surface area (Å²) >= 11 is 3.63. The lowest BCUT2D eigenvalue weighted by Gasteiger charge is -2.18. The number of methoxy groups -OCH3 is 1. The van der Waals surface area contributed by atoms with Gasteiger partial charge in [-0.3, -0.25) is 4.90 Å². The number of halogens is 1. The van der Waals surface area contributed by atoms with Crippen LogP contribution in [0.1, 0.15) is 5.56 Å².